The number of pyridine rings is 1. The van der Waals surface area contributed by atoms with E-state index in [1.807, 2.05) is 6.07 Å². The number of aryl methyl sites for hydroxylation is 1. The second kappa shape index (κ2) is 5.72. The van der Waals surface area contributed by atoms with E-state index in [9.17, 15) is 0 Å². The van der Waals surface area contributed by atoms with Gasteiger partial charge in [-0.05, 0) is 35.4 Å². The molecule has 0 aliphatic rings. The highest BCUT2D eigenvalue weighted by Gasteiger charge is 2.18. The predicted molar refractivity (Wildman–Crippen MR) is 85.1 cm³/mol. The number of rotatable bonds is 4. The van der Waals surface area contributed by atoms with Crippen molar-refractivity contribution in [3.05, 3.63) is 45.5 Å². The standard InChI is InChI=1S/C14H13Cl2N3S/c1-9(10-3-5-20-8-10)19-13(2-4-15)18-12-6-11(16)7-17-14(12)19/h3,5-9H,2,4H2,1H3. The molecular formula is C14H13Cl2N3S. The molecule has 6 heteroatoms. The number of hydrogen-bond acceptors (Lipinski definition) is 3. The Hall–Kier alpha value is -1.10. The zero-order valence-corrected chi connectivity index (χ0v) is 13.2. The van der Waals surface area contributed by atoms with Crippen LogP contribution in [0.1, 0.15) is 24.4 Å². The average Bonchev–Trinajstić information content (AvgIpc) is 3.05. The largest absolute Gasteiger partial charge is 0.305 e. The zero-order valence-electron chi connectivity index (χ0n) is 10.9. The number of aromatic nitrogens is 3. The normalized spacial score (nSPS) is 12.9. The van der Waals surface area contributed by atoms with Crippen molar-refractivity contribution in [1.29, 1.82) is 0 Å². The summed E-state index contributed by atoms with van der Waals surface area (Å²) in [7, 11) is 0. The molecule has 0 aliphatic carbocycles. The van der Waals surface area contributed by atoms with Crippen LogP contribution in [0.2, 0.25) is 5.02 Å². The van der Waals surface area contributed by atoms with Crippen molar-refractivity contribution < 1.29 is 0 Å². The minimum absolute atomic E-state index is 0.179. The smallest absolute Gasteiger partial charge is 0.160 e. The minimum atomic E-state index is 0.179. The summed E-state index contributed by atoms with van der Waals surface area (Å²) in [5.74, 6) is 1.48. The first-order valence-corrected chi connectivity index (χ1v) is 8.16. The van der Waals surface area contributed by atoms with Crippen molar-refractivity contribution in [2.75, 3.05) is 5.88 Å². The molecule has 1 unspecified atom stereocenters. The van der Waals surface area contributed by atoms with Crippen molar-refractivity contribution in [3.8, 4) is 0 Å². The van der Waals surface area contributed by atoms with Crippen molar-refractivity contribution in [2.24, 2.45) is 0 Å². The number of nitrogens with zero attached hydrogens (tertiary/aromatic N) is 3. The lowest BCUT2D eigenvalue weighted by molar-refractivity contribution is 0.621. The Balaban J connectivity index is 2.18. The van der Waals surface area contributed by atoms with E-state index in [0.717, 1.165) is 17.0 Å². The fourth-order valence-electron chi connectivity index (χ4n) is 2.33. The quantitative estimate of drug-likeness (QED) is 0.659. The highest BCUT2D eigenvalue weighted by Crippen LogP contribution is 2.27. The van der Waals surface area contributed by atoms with Crippen LogP contribution in [0.4, 0.5) is 0 Å². The fraction of sp³-hybridized carbons (Fsp3) is 0.286. The molecule has 0 aromatic carbocycles. The molecule has 3 nitrogen and oxygen atoms in total. The number of hydrogen-bond donors (Lipinski definition) is 0. The summed E-state index contributed by atoms with van der Waals surface area (Å²) in [6.45, 7) is 2.15. The van der Waals surface area contributed by atoms with Gasteiger partial charge in [-0.3, -0.25) is 0 Å². The number of alkyl halides is 1. The molecule has 0 spiro atoms. The van der Waals surface area contributed by atoms with Crippen molar-refractivity contribution in [1.82, 2.24) is 14.5 Å². The van der Waals surface area contributed by atoms with Crippen LogP contribution in [0.3, 0.4) is 0 Å². The molecule has 0 aliphatic heterocycles. The van der Waals surface area contributed by atoms with Gasteiger partial charge in [0.2, 0.25) is 0 Å². The summed E-state index contributed by atoms with van der Waals surface area (Å²) in [4.78, 5) is 9.07. The molecule has 3 aromatic heterocycles. The maximum Gasteiger partial charge on any atom is 0.160 e. The predicted octanol–water partition coefficient (Wildman–Crippen LogP) is 4.54. The van der Waals surface area contributed by atoms with E-state index in [1.54, 1.807) is 17.5 Å². The van der Waals surface area contributed by atoms with E-state index in [-0.39, 0.29) is 6.04 Å². The molecule has 0 radical (unpaired) electrons. The molecular weight excluding hydrogens is 313 g/mol. The SMILES string of the molecule is CC(c1ccsc1)n1c(CCCl)nc2cc(Cl)cnc21. The average molecular weight is 326 g/mol. The minimum Gasteiger partial charge on any atom is -0.305 e. The number of fused-ring (bicyclic) bond motifs is 1. The lowest BCUT2D eigenvalue weighted by Crippen LogP contribution is -2.11. The zero-order chi connectivity index (χ0) is 14.1. The summed E-state index contributed by atoms with van der Waals surface area (Å²) >= 11 is 13.6. The fourth-order valence-corrected chi connectivity index (χ4v) is 3.40. The number of thiophene rings is 1. The van der Waals surface area contributed by atoms with Gasteiger partial charge in [0.25, 0.3) is 0 Å². The molecule has 20 heavy (non-hydrogen) atoms. The number of imidazole rings is 1. The van der Waals surface area contributed by atoms with Crippen LogP contribution >= 0.6 is 34.5 Å². The Morgan fingerprint density at radius 2 is 2.30 bits per heavy atom. The van der Waals surface area contributed by atoms with Crippen molar-refractivity contribution in [2.45, 2.75) is 19.4 Å². The van der Waals surface area contributed by atoms with Crippen LogP contribution in [-0.4, -0.2) is 20.4 Å². The van der Waals surface area contributed by atoms with Gasteiger partial charge in [-0.15, -0.1) is 11.6 Å². The molecule has 104 valence electrons. The summed E-state index contributed by atoms with van der Waals surface area (Å²) in [6, 6.07) is 4.15. The van der Waals surface area contributed by atoms with Gasteiger partial charge in [0.15, 0.2) is 5.65 Å². The molecule has 0 bridgehead atoms. The summed E-state index contributed by atoms with van der Waals surface area (Å²) in [5.41, 5.74) is 2.93. The van der Waals surface area contributed by atoms with Crippen LogP contribution < -0.4 is 0 Å². The Morgan fingerprint density at radius 3 is 3.00 bits per heavy atom. The summed E-state index contributed by atoms with van der Waals surface area (Å²) < 4.78 is 2.15. The first kappa shape index (κ1) is 13.9. The van der Waals surface area contributed by atoms with Gasteiger partial charge in [-0.2, -0.15) is 11.3 Å². The first-order valence-electron chi connectivity index (χ1n) is 6.31. The van der Waals surface area contributed by atoms with E-state index in [4.69, 9.17) is 23.2 Å². The Labute approximate surface area is 131 Å². The van der Waals surface area contributed by atoms with Crippen molar-refractivity contribution >= 4 is 45.7 Å². The molecule has 0 saturated carbocycles. The summed E-state index contributed by atoms with van der Waals surface area (Å²) in [6.07, 6.45) is 2.37. The van der Waals surface area contributed by atoms with Crippen LogP contribution in [0.25, 0.3) is 11.2 Å². The molecule has 0 fully saturated rings. The second-order valence-corrected chi connectivity index (χ2v) is 6.16. The van der Waals surface area contributed by atoms with E-state index >= 15 is 0 Å². The monoisotopic (exact) mass is 325 g/mol. The van der Waals surface area contributed by atoms with Crippen LogP contribution in [0.5, 0.6) is 0 Å². The molecule has 0 N–H and O–H groups in total. The topological polar surface area (TPSA) is 30.7 Å². The maximum absolute atomic E-state index is 6.00. The van der Waals surface area contributed by atoms with Crippen LogP contribution in [-0.2, 0) is 6.42 Å². The van der Waals surface area contributed by atoms with Gasteiger partial charge >= 0.3 is 0 Å². The van der Waals surface area contributed by atoms with Gasteiger partial charge in [0, 0.05) is 18.5 Å². The van der Waals surface area contributed by atoms with E-state index < -0.39 is 0 Å². The van der Waals surface area contributed by atoms with Gasteiger partial charge in [0.1, 0.15) is 11.3 Å². The maximum atomic E-state index is 6.00. The third kappa shape index (κ3) is 2.43. The van der Waals surface area contributed by atoms with Crippen LogP contribution in [0.15, 0.2) is 29.1 Å². The lowest BCUT2D eigenvalue weighted by atomic mass is 10.2. The highest BCUT2D eigenvalue weighted by molar-refractivity contribution is 7.07. The van der Waals surface area contributed by atoms with Crippen LogP contribution in [0, 0.1) is 0 Å². The van der Waals surface area contributed by atoms with E-state index in [0.29, 0.717) is 17.3 Å². The highest BCUT2D eigenvalue weighted by atomic mass is 35.5. The van der Waals surface area contributed by atoms with E-state index in [1.165, 1.54) is 5.56 Å². The Bertz CT molecular complexity index is 721. The third-order valence-electron chi connectivity index (χ3n) is 3.30. The van der Waals surface area contributed by atoms with Gasteiger partial charge in [-0.1, -0.05) is 11.6 Å². The molecule has 0 amide bonds. The molecule has 3 heterocycles. The summed E-state index contributed by atoms with van der Waals surface area (Å²) in [5, 5.41) is 4.83. The number of halogens is 2. The molecule has 1 atom stereocenters. The van der Waals surface area contributed by atoms with E-state index in [2.05, 4.69) is 38.3 Å². The molecule has 0 saturated heterocycles. The lowest BCUT2D eigenvalue weighted by Gasteiger charge is -2.15. The first-order chi connectivity index (χ1) is 9.70. The van der Waals surface area contributed by atoms with Gasteiger partial charge in [0.05, 0.1) is 11.1 Å². The Kier molecular flexibility index (Phi) is 3.96. The van der Waals surface area contributed by atoms with Gasteiger partial charge in [-0.25, -0.2) is 9.97 Å². The van der Waals surface area contributed by atoms with Gasteiger partial charge < -0.3 is 4.57 Å². The Morgan fingerprint density at radius 1 is 1.45 bits per heavy atom. The molecule has 3 rings (SSSR count). The molecule has 3 aromatic rings. The second-order valence-electron chi connectivity index (χ2n) is 4.57. The van der Waals surface area contributed by atoms with Crippen molar-refractivity contribution in [3.63, 3.8) is 0 Å². The third-order valence-corrected chi connectivity index (χ3v) is 4.40.